The van der Waals surface area contributed by atoms with Gasteiger partial charge in [0.15, 0.2) is 0 Å². The molecule has 0 aliphatic heterocycles. The maximum absolute atomic E-state index is 11.8. The zero-order valence-electron chi connectivity index (χ0n) is 8.41. The van der Waals surface area contributed by atoms with E-state index in [1.54, 1.807) is 0 Å². The number of rotatable bonds is 3. The van der Waals surface area contributed by atoms with Gasteiger partial charge in [0, 0.05) is 12.3 Å². The van der Waals surface area contributed by atoms with Gasteiger partial charge >= 0.3 is 0 Å². The molecule has 1 nitrogen and oxygen atoms in total. The Labute approximate surface area is 85.1 Å². The molecule has 1 aliphatic rings. The molecule has 0 unspecified atom stereocenters. The molecule has 0 amide bonds. The van der Waals surface area contributed by atoms with Crippen LogP contribution in [0.15, 0.2) is 30.3 Å². The first-order chi connectivity index (χ1) is 6.86. The zero-order chi connectivity index (χ0) is 9.80. The summed E-state index contributed by atoms with van der Waals surface area (Å²) >= 11 is 0. The molecule has 0 atom stereocenters. The summed E-state index contributed by atoms with van der Waals surface area (Å²) in [5.74, 6) is 0.795. The maximum atomic E-state index is 11.8. The molecule has 0 radical (unpaired) electrons. The van der Waals surface area contributed by atoms with Crippen LogP contribution in [0.1, 0.15) is 31.2 Å². The number of hydrogen-bond acceptors (Lipinski definition) is 1. The van der Waals surface area contributed by atoms with Gasteiger partial charge in [-0.05, 0) is 18.4 Å². The average Bonchev–Trinajstić information content (AvgIpc) is 2.72. The number of benzene rings is 1. The van der Waals surface area contributed by atoms with Crippen LogP contribution < -0.4 is 0 Å². The van der Waals surface area contributed by atoms with Crippen LogP contribution in [0.3, 0.4) is 0 Å². The van der Waals surface area contributed by atoms with Crippen molar-refractivity contribution in [2.45, 2.75) is 32.1 Å². The van der Waals surface area contributed by atoms with E-state index in [0.717, 1.165) is 18.4 Å². The van der Waals surface area contributed by atoms with E-state index in [1.807, 2.05) is 30.3 Å². The number of ketones is 1. The highest BCUT2D eigenvalue weighted by Crippen LogP contribution is 2.26. The first-order valence-electron chi connectivity index (χ1n) is 5.43. The first-order valence-corrected chi connectivity index (χ1v) is 5.43. The second kappa shape index (κ2) is 4.41. The third kappa shape index (κ3) is 2.22. The van der Waals surface area contributed by atoms with Crippen LogP contribution in [0.4, 0.5) is 0 Å². The van der Waals surface area contributed by atoms with Gasteiger partial charge in [0.05, 0.1) is 0 Å². The van der Waals surface area contributed by atoms with Crippen molar-refractivity contribution in [3.05, 3.63) is 35.9 Å². The average molecular weight is 188 g/mol. The van der Waals surface area contributed by atoms with E-state index in [9.17, 15) is 4.79 Å². The molecule has 1 fully saturated rings. The topological polar surface area (TPSA) is 17.1 Å². The quantitative estimate of drug-likeness (QED) is 0.712. The lowest BCUT2D eigenvalue weighted by Gasteiger charge is -2.07. The predicted molar refractivity (Wildman–Crippen MR) is 57.1 cm³/mol. The molecule has 0 N–H and O–H groups in total. The minimum Gasteiger partial charge on any atom is -0.299 e. The molecule has 0 spiro atoms. The lowest BCUT2D eigenvalue weighted by atomic mass is 9.97. The van der Waals surface area contributed by atoms with Crippen molar-refractivity contribution < 1.29 is 4.79 Å². The molecule has 0 aromatic heterocycles. The second-order valence-electron chi connectivity index (χ2n) is 4.11. The molecule has 1 aromatic carbocycles. The van der Waals surface area contributed by atoms with Gasteiger partial charge in [-0.1, -0.05) is 43.2 Å². The van der Waals surface area contributed by atoms with Crippen molar-refractivity contribution >= 4 is 5.78 Å². The Morgan fingerprint density at radius 2 is 1.79 bits per heavy atom. The summed E-state index contributed by atoms with van der Waals surface area (Å²) < 4.78 is 0. The maximum Gasteiger partial charge on any atom is 0.140 e. The summed E-state index contributed by atoms with van der Waals surface area (Å²) in [6.07, 6.45) is 5.35. The van der Waals surface area contributed by atoms with Crippen molar-refractivity contribution in [1.82, 2.24) is 0 Å². The third-order valence-electron chi connectivity index (χ3n) is 3.03. The van der Waals surface area contributed by atoms with Gasteiger partial charge in [0.1, 0.15) is 5.78 Å². The molecule has 74 valence electrons. The highest BCUT2D eigenvalue weighted by atomic mass is 16.1. The van der Waals surface area contributed by atoms with Gasteiger partial charge in [0.25, 0.3) is 0 Å². The number of carbonyl (C=O) groups excluding carboxylic acids is 1. The van der Waals surface area contributed by atoms with Crippen LogP contribution in [0.2, 0.25) is 0 Å². The van der Waals surface area contributed by atoms with Crippen LogP contribution in [0.25, 0.3) is 0 Å². The summed E-state index contributed by atoms with van der Waals surface area (Å²) in [5.41, 5.74) is 1.16. The minimum absolute atomic E-state index is 0.357. The van der Waals surface area contributed by atoms with E-state index in [-0.39, 0.29) is 0 Å². The Bertz CT molecular complexity index is 296. The van der Waals surface area contributed by atoms with Crippen molar-refractivity contribution in [2.75, 3.05) is 0 Å². The van der Waals surface area contributed by atoms with Gasteiger partial charge in [0.2, 0.25) is 0 Å². The standard InChI is InChI=1S/C13H16O/c14-13(12-8-4-5-9-12)10-11-6-2-1-3-7-11/h1-3,6-7,12H,4-5,8-10H2. The molecule has 0 bridgehead atoms. The number of hydrogen-bond donors (Lipinski definition) is 0. The normalized spacial score (nSPS) is 17.1. The smallest absolute Gasteiger partial charge is 0.140 e. The predicted octanol–water partition coefficient (Wildman–Crippen LogP) is 2.99. The molecular formula is C13H16O. The lowest BCUT2D eigenvalue weighted by Crippen LogP contribution is -2.13. The summed E-state index contributed by atoms with van der Waals surface area (Å²) in [4.78, 5) is 11.8. The van der Waals surface area contributed by atoms with Gasteiger partial charge in [-0.2, -0.15) is 0 Å². The van der Waals surface area contributed by atoms with Crippen LogP contribution in [0, 0.1) is 5.92 Å². The molecule has 14 heavy (non-hydrogen) atoms. The monoisotopic (exact) mass is 188 g/mol. The van der Waals surface area contributed by atoms with E-state index in [1.165, 1.54) is 12.8 Å². The van der Waals surface area contributed by atoms with Crippen molar-refractivity contribution in [2.24, 2.45) is 5.92 Å². The van der Waals surface area contributed by atoms with Crippen molar-refractivity contribution in [3.63, 3.8) is 0 Å². The second-order valence-corrected chi connectivity index (χ2v) is 4.11. The first kappa shape index (κ1) is 9.45. The molecule has 1 aliphatic carbocycles. The van der Waals surface area contributed by atoms with E-state index in [0.29, 0.717) is 18.1 Å². The lowest BCUT2D eigenvalue weighted by molar-refractivity contribution is -0.122. The molecule has 1 saturated carbocycles. The van der Waals surface area contributed by atoms with E-state index >= 15 is 0 Å². The highest BCUT2D eigenvalue weighted by molar-refractivity contribution is 5.83. The SMILES string of the molecule is O=C(Cc1ccccc1)C1CCCC1. The van der Waals surface area contributed by atoms with E-state index in [4.69, 9.17) is 0 Å². The van der Waals surface area contributed by atoms with Gasteiger partial charge in [-0.25, -0.2) is 0 Å². The molecule has 1 aromatic rings. The Kier molecular flexibility index (Phi) is 2.97. The van der Waals surface area contributed by atoms with E-state index in [2.05, 4.69) is 0 Å². The van der Waals surface area contributed by atoms with Crippen LogP contribution >= 0.6 is 0 Å². The summed E-state index contributed by atoms with van der Waals surface area (Å²) in [6.45, 7) is 0. The van der Waals surface area contributed by atoms with Crippen LogP contribution in [0.5, 0.6) is 0 Å². The minimum atomic E-state index is 0.357. The number of carbonyl (C=O) groups is 1. The highest BCUT2D eigenvalue weighted by Gasteiger charge is 2.22. The molecular weight excluding hydrogens is 172 g/mol. The Morgan fingerprint density at radius 1 is 1.14 bits per heavy atom. The third-order valence-corrected chi connectivity index (χ3v) is 3.03. The fourth-order valence-electron chi connectivity index (χ4n) is 2.19. The summed E-state index contributed by atoms with van der Waals surface area (Å²) in [6, 6.07) is 10.1. The zero-order valence-corrected chi connectivity index (χ0v) is 8.41. The summed E-state index contributed by atoms with van der Waals surface area (Å²) in [5, 5.41) is 0. The van der Waals surface area contributed by atoms with Crippen LogP contribution in [-0.4, -0.2) is 5.78 Å². The van der Waals surface area contributed by atoms with E-state index < -0.39 is 0 Å². The van der Waals surface area contributed by atoms with Crippen molar-refractivity contribution in [3.8, 4) is 0 Å². The largest absolute Gasteiger partial charge is 0.299 e. The Hall–Kier alpha value is -1.11. The van der Waals surface area contributed by atoms with Crippen LogP contribution in [-0.2, 0) is 11.2 Å². The molecule has 1 heteroatoms. The molecule has 2 rings (SSSR count). The van der Waals surface area contributed by atoms with Gasteiger partial charge in [-0.15, -0.1) is 0 Å². The fourth-order valence-corrected chi connectivity index (χ4v) is 2.19. The summed E-state index contributed by atoms with van der Waals surface area (Å²) in [7, 11) is 0. The van der Waals surface area contributed by atoms with Gasteiger partial charge in [-0.3, -0.25) is 4.79 Å². The van der Waals surface area contributed by atoms with Crippen molar-refractivity contribution in [1.29, 1.82) is 0 Å². The molecule has 0 saturated heterocycles. The number of Topliss-reactive ketones (excluding diaryl/α,β-unsaturated/α-hetero) is 1. The fraction of sp³-hybridized carbons (Fsp3) is 0.462. The Morgan fingerprint density at radius 3 is 2.43 bits per heavy atom. The Balaban J connectivity index is 1.94. The van der Waals surface area contributed by atoms with Gasteiger partial charge < -0.3 is 0 Å². The molecule has 0 heterocycles.